The Labute approximate surface area is 173 Å². The smallest absolute Gasteiger partial charge is 0.251 e. The summed E-state index contributed by atoms with van der Waals surface area (Å²) in [5, 5.41) is 5.80. The number of sulfonamides is 1. The number of rotatable bonds is 7. The first kappa shape index (κ1) is 24.4. The van der Waals surface area contributed by atoms with Gasteiger partial charge in [0.1, 0.15) is 0 Å². The van der Waals surface area contributed by atoms with Gasteiger partial charge in [0.15, 0.2) is 0 Å². The first-order valence-electron chi connectivity index (χ1n) is 9.19. The van der Waals surface area contributed by atoms with Gasteiger partial charge in [-0.2, -0.15) is 4.31 Å². The predicted octanol–water partition coefficient (Wildman–Crippen LogP) is 0.689. The van der Waals surface area contributed by atoms with E-state index < -0.39 is 15.9 Å². The summed E-state index contributed by atoms with van der Waals surface area (Å²) in [6, 6.07) is 5.96. The fraction of sp³-hybridized carbons (Fsp3) is 0.556. The van der Waals surface area contributed by atoms with Gasteiger partial charge in [0.25, 0.3) is 5.91 Å². The summed E-state index contributed by atoms with van der Waals surface area (Å²) in [6.45, 7) is 8.14. The summed E-state index contributed by atoms with van der Waals surface area (Å²) < 4.78 is 26.5. The molecule has 2 N–H and O–H groups in total. The maximum absolute atomic E-state index is 12.6. The van der Waals surface area contributed by atoms with Gasteiger partial charge in [-0.1, -0.05) is 19.9 Å². The number of carbonyl (C=O) groups is 2. The van der Waals surface area contributed by atoms with Crippen LogP contribution in [0.25, 0.3) is 0 Å². The number of nitrogens with one attached hydrogen (secondary N) is 2. The number of nitrogens with zero attached hydrogens (tertiary/aromatic N) is 2. The van der Waals surface area contributed by atoms with Crippen LogP contribution in [0.2, 0.25) is 0 Å². The van der Waals surface area contributed by atoms with E-state index in [1.807, 2.05) is 6.92 Å². The van der Waals surface area contributed by atoms with Crippen LogP contribution in [-0.2, 0) is 14.8 Å². The molecule has 1 aromatic rings. The Kier molecular flexibility index (Phi) is 9.35. The van der Waals surface area contributed by atoms with E-state index in [0.717, 1.165) is 13.1 Å². The summed E-state index contributed by atoms with van der Waals surface area (Å²) in [6.07, 6.45) is 0. The minimum absolute atomic E-state index is 0. The Morgan fingerprint density at radius 2 is 1.96 bits per heavy atom. The maximum Gasteiger partial charge on any atom is 0.251 e. The lowest BCUT2D eigenvalue weighted by Crippen LogP contribution is -2.54. The van der Waals surface area contributed by atoms with Crippen molar-refractivity contribution in [2.45, 2.75) is 31.7 Å². The van der Waals surface area contributed by atoms with Crippen LogP contribution in [-0.4, -0.2) is 74.7 Å². The first-order valence-corrected chi connectivity index (χ1v) is 10.6. The number of piperazine rings is 1. The van der Waals surface area contributed by atoms with Gasteiger partial charge < -0.3 is 15.5 Å². The van der Waals surface area contributed by atoms with Crippen LogP contribution in [0.15, 0.2) is 29.2 Å². The second kappa shape index (κ2) is 10.8. The van der Waals surface area contributed by atoms with Crippen LogP contribution in [0.4, 0.5) is 0 Å². The zero-order valence-corrected chi connectivity index (χ0v) is 18.1. The Hall–Kier alpha value is -1.68. The molecular formula is C18H29ClN4O4S. The molecule has 1 heterocycles. The molecule has 0 saturated carbocycles. The molecule has 1 aliphatic heterocycles. The van der Waals surface area contributed by atoms with Gasteiger partial charge >= 0.3 is 0 Å². The van der Waals surface area contributed by atoms with E-state index in [1.165, 1.54) is 28.6 Å². The summed E-state index contributed by atoms with van der Waals surface area (Å²) in [7, 11) is -3.64. The number of carbonyl (C=O) groups excluding carboxylic acids is 2. The molecule has 1 saturated heterocycles. The van der Waals surface area contributed by atoms with Crippen molar-refractivity contribution in [2.24, 2.45) is 0 Å². The van der Waals surface area contributed by atoms with Crippen LogP contribution in [0.1, 0.15) is 31.1 Å². The molecule has 1 atom stereocenters. The maximum atomic E-state index is 12.6. The number of hydrogen-bond acceptors (Lipinski definition) is 5. The molecule has 0 bridgehead atoms. The molecule has 2 rings (SSSR count). The molecule has 1 aromatic carbocycles. The van der Waals surface area contributed by atoms with Crippen molar-refractivity contribution in [3.05, 3.63) is 29.8 Å². The topological polar surface area (TPSA) is 98.8 Å². The molecule has 2 amide bonds. The molecule has 1 fully saturated rings. The molecule has 10 heteroatoms. The third-order valence-electron chi connectivity index (χ3n) is 4.66. The van der Waals surface area contributed by atoms with Gasteiger partial charge in [-0.05, 0) is 25.1 Å². The average molecular weight is 433 g/mol. The Morgan fingerprint density at radius 1 is 1.29 bits per heavy atom. The van der Waals surface area contributed by atoms with E-state index in [0.29, 0.717) is 19.6 Å². The molecule has 1 unspecified atom stereocenters. The van der Waals surface area contributed by atoms with Crippen LogP contribution in [0.3, 0.4) is 0 Å². The van der Waals surface area contributed by atoms with Gasteiger partial charge in [-0.3, -0.25) is 9.59 Å². The highest BCUT2D eigenvalue weighted by molar-refractivity contribution is 7.89. The molecule has 0 radical (unpaired) electrons. The van der Waals surface area contributed by atoms with Gasteiger partial charge in [-0.15, -0.1) is 12.4 Å². The van der Waals surface area contributed by atoms with Crippen molar-refractivity contribution in [3.8, 4) is 0 Å². The van der Waals surface area contributed by atoms with Crippen LogP contribution >= 0.6 is 12.4 Å². The fourth-order valence-electron chi connectivity index (χ4n) is 3.08. The fourth-order valence-corrected chi connectivity index (χ4v) is 4.59. The quantitative estimate of drug-likeness (QED) is 0.660. The van der Waals surface area contributed by atoms with Crippen molar-refractivity contribution < 1.29 is 18.0 Å². The molecule has 0 spiro atoms. The van der Waals surface area contributed by atoms with Gasteiger partial charge in [0, 0.05) is 44.3 Å². The second-order valence-corrected chi connectivity index (χ2v) is 8.38. The number of hydrogen-bond donors (Lipinski definition) is 2. The number of halogens is 1. The lowest BCUT2D eigenvalue weighted by atomic mass is 10.2. The van der Waals surface area contributed by atoms with Gasteiger partial charge in [-0.25, -0.2) is 8.42 Å². The minimum Gasteiger partial charge on any atom is -0.343 e. The van der Waals surface area contributed by atoms with Crippen LogP contribution in [0, 0.1) is 0 Å². The molecule has 1 aliphatic rings. The second-order valence-electron chi connectivity index (χ2n) is 6.44. The summed E-state index contributed by atoms with van der Waals surface area (Å²) >= 11 is 0. The molecule has 8 nitrogen and oxygen atoms in total. The Morgan fingerprint density at radius 3 is 2.57 bits per heavy atom. The minimum atomic E-state index is -3.64. The van der Waals surface area contributed by atoms with E-state index in [2.05, 4.69) is 10.6 Å². The summed E-state index contributed by atoms with van der Waals surface area (Å²) in [4.78, 5) is 26.5. The number of amides is 2. The highest BCUT2D eigenvalue weighted by Gasteiger charge is 2.24. The van der Waals surface area contributed by atoms with E-state index in [4.69, 9.17) is 0 Å². The zero-order chi connectivity index (χ0) is 20.0. The van der Waals surface area contributed by atoms with E-state index in [9.17, 15) is 18.0 Å². The van der Waals surface area contributed by atoms with Crippen molar-refractivity contribution in [1.82, 2.24) is 19.8 Å². The first-order chi connectivity index (χ1) is 12.8. The monoisotopic (exact) mass is 432 g/mol. The standard InChI is InChI=1S/C18H28N4O4S.ClH/c1-4-21(5-2)27(25,26)16-8-6-7-15(11-16)18(24)20-13-17(23)22-10-9-19-12-14(22)3;/h6-8,11,14,19H,4-5,9-10,12-13H2,1-3H3,(H,20,24);1H. The summed E-state index contributed by atoms with van der Waals surface area (Å²) in [5.41, 5.74) is 0.212. The summed E-state index contributed by atoms with van der Waals surface area (Å²) in [5.74, 6) is -0.619. The lowest BCUT2D eigenvalue weighted by molar-refractivity contribution is -0.132. The molecule has 0 aromatic heterocycles. The number of benzene rings is 1. The molecule has 158 valence electrons. The SMILES string of the molecule is CCN(CC)S(=O)(=O)c1cccc(C(=O)NCC(=O)N2CCNCC2C)c1.Cl. The van der Waals surface area contributed by atoms with Crippen molar-refractivity contribution >= 4 is 34.2 Å². The van der Waals surface area contributed by atoms with Gasteiger partial charge in [0.05, 0.1) is 11.4 Å². The van der Waals surface area contributed by atoms with Crippen LogP contribution < -0.4 is 10.6 Å². The molecule has 28 heavy (non-hydrogen) atoms. The van der Waals surface area contributed by atoms with Crippen molar-refractivity contribution in [1.29, 1.82) is 0 Å². The predicted molar refractivity (Wildman–Crippen MR) is 110 cm³/mol. The van der Waals surface area contributed by atoms with E-state index in [1.54, 1.807) is 18.7 Å². The lowest BCUT2D eigenvalue weighted by Gasteiger charge is -2.34. The Bertz CT molecular complexity index is 784. The average Bonchev–Trinajstić information content (AvgIpc) is 2.67. The molecule has 0 aliphatic carbocycles. The highest BCUT2D eigenvalue weighted by atomic mass is 35.5. The zero-order valence-electron chi connectivity index (χ0n) is 16.5. The normalized spacial score (nSPS) is 17.1. The third kappa shape index (κ3) is 5.66. The van der Waals surface area contributed by atoms with Crippen LogP contribution in [0.5, 0.6) is 0 Å². The third-order valence-corrected chi connectivity index (χ3v) is 6.71. The Balaban J connectivity index is 0.00000392. The highest BCUT2D eigenvalue weighted by Crippen LogP contribution is 2.17. The van der Waals surface area contributed by atoms with Crippen molar-refractivity contribution in [2.75, 3.05) is 39.3 Å². The largest absolute Gasteiger partial charge is 0.343 e. The van der Waals surface area contributed by atoms with Crippen molar-refractivity contribution in [3.63, 3.8) is 0 Å². The van der Waals surface area contributed by atoms with E-state index >= 15 is 0 Å². The molecular weight excluding hydrogens is 404 g/mol. The van der Waals surface area contributed by atoms with Gasteiger partial charge in [0.2, 0.25) is 15.9 Å². The van der Waals surface area contributed by atoms with E-state index in [-0.39, 0.29) is 41.4 Å².